The lowest BCUT2D eigenvalue weighted by atomic mass is 10.2. The van der Waals surface area contributed by atoms with Gasteiger partial charge in [-0.2, -0.15) is 5.26 Å². The molecule has 136 valence electrons. The monoisotopic (exact) mass is 401 g/mol. The van der Waals surface area contributed by atoms with Crippen molar-refractivity contribution in [3.63, 3.8) is 0 Å². The molecule has 6 nitrogen and oxygen atoms in total. The first-order valence-electron chi connectivity index (χ1n) is 7.67. The second kappa shape index (κ2) is 7.62. The molecule has 3 aromatic rings. The van der Waals surface area contributed by atoms with Crippen LogP contribution >= 0.6 is 23.2 Å². The van der Waals surface area contributed by atoms with Gasteiger partial charge in [0.15, 0.2) is 11.4 Å². The van der Waals surface area contributed by atoms with E-state index >= 15 is 0 Å². The number of carbonyl (C=O) groups is 1. The van der Waals surface area contributed by atoms with Crippen LogP contribution in [-0.2, 0) is 4.74 Å². The number of nitrogen functional groups attached to an aromatic ring is 1. The smallest absolute Gasteiger partial charge is 0.357 e. The van der Waals surface area contributed by atoms with E-state index in [-0.39, 0.29) is 16.9 Å². The van der Waals surface area contributed by atoms with Crippen molar-refractivity contribution in [1.29, 1.82) is 5.26 Å². The number of ether oxygens (including phenoxy) is 2. The van der Waals surface area contributed by atoms with Gasteiger partial charge in [0.1, 0.15) is 11.8 Å². The predicted molar refractivity (Wildman–Crippen MR) is 103 cm³/mol. The van der Waals surface area contributed by atoms with Crippen molar-refractivity contribution in [2.75, 3.05) is 12.8 Å². The Labute approximate surface area is 165 Å². The van der Waals surface area contributed by atoms with Crippen LogP contribution < -0.4 is 10.5 Å². The molecule has 0 fully saturated rings. The molecule has 0 aliphatic heterocycles. The van der Waals surface area contributed by atoms with Gasteiger partial charge in [0.25, 0.3) is 0 Å². The summed E-state index contributed by atoms with van der Waals surface area (Å²) in [6.07, 6.45) is 1.43. The molecule has 1 heterocycles. The number of halogens is 2. The van der Waals surface area contributed by atoms with Crippen molar-refractivity contribution >= 4 is 34.9 Å². The van der Waals surface area contributed by atoms with Crippen LogP contribution in [0.5, 0.6) is 11.5 Å². The second-order valence-electron chi connectivity index (χ2n) is 5.45. The fourth-order valence-electron chi connectivity index (χ4n) is 2.50. The van der Waals surface area contributed by atoms with Gasteiger partial charge in [0, 0.05) is 16.2 Å². The molecule has 0 radical (unpaired) electrons. The number of benzene rings is 2. The molecule has 1 aromatic heterocycles. The van der Waals surface area contributed by atoms with Crippen LogP contribution in [0.3, 0.4) is 0 Å². The normalized spacial score (nSPS) is 10.3. The molecule has 0 aliphatic rings. The number of nitriles is 1. The summed E-state index contributed by atoms with van der Waals surface area (Å²) in [6, 6.07) is 13.6. The van der Waals surface area contributed by atoms with Crippen molar-refractivity contribution in [2.24, 2.45) is 0 Å². The Balaban J connectivity index is 2.17. The Morgan fingerprint density at radius 2 is 1.81 bits per heavy atom. The van der Waals surface area contributed by atoms with Gasteiger partial charge in [-0.1, -0.05) is 23.2 Å². The number of nitrogens with zero attached hydrogens (tertiary/aromatic N) is 2. The maximum atomic E-state index is 12.2. The molecular weight excluding hydrogens is 389 g/mol. The lowest BCUT2D eigenvalue weighted by Gasteiger charge is -2.15. The Morgan fingerprint density at radius 1 is 1.15 bits per heavy atom. The molecule has 0 saturated carbocycles. The van der Waals surface area contributed by atoms with Gasteiger partial charge in [-0.05, 0) is 42.5 Å². The van der Waals surface area contributed by atoms with E-state index in [9.17, 15) is 10.1 Å². The lowest BCUT2D eigenvalue weighted by Crippen LogP contribution is -2.11. The zero-order chi connectivity index (χ0) is 19.6. The van der Waals surface area contributed by atoms with Crippen LogP contribution in [0.4, 0.5) is 5.69 Å². The maximum absolute atomic E-state index is 12.2. The zero-order valence-electron chi connectivity index (χ0n) is 14.1. The average Bonchev–Trinajstić information content (AvgIpc) is 3.00. The number of carbonyl (C=O) groups excluding carboxylic acids is 1. The zero-order valence-corrected chi connectivity index (χ0v) is 15.6. The summed E-state index contributed by atoms with van der Waals surface area (Å²) in [5.41, 5.74) is 6.53. The molecule has 0 unspecified atom stereocenters. The number of rotatable bonds is 4. The van der Waals surface area contributed by atoms with Crippen molar-refractivity contribution in [3.05, 3.63) is 70.0 Å². The molecular formula is C19H13Cl2N3O3. The highest BCUT2D eigenvalue weighted by molar-refractivity contribution is 6.31. The number of methoxy groups -OCH3 is 1. The predicted octanol–water partition coefficient (Wildman–Crippen LogP) is 4.82. The van der Waals surface area contributed by atoms with E-state index in [0.29, 0.717) is 27.2 Å². The van der Waals surface area contributed by atoms with Crippen molar-refractivity contribution in [1.82, 2.24) is 4.57 Å². The summed E-state index contributed by atoms with van der Waals surface area (Å²) in [7, 11) is 1.23. The van der Waals surface area contributed by atoms with Gasteiger partial charge in [-0.15, -0.1) is 0 Å². The van der Waals surface area contributed by atoms with E-state index in [1.54, 1.807) is 42.5 Å². The van der Waals surface area contributed by atoms with Crippen LogP contribution in [0, 0.1) is 11.3 Å². The highest BCUT2D eigenvalue weighted by Crippen LogP contribution is 2.34. The summed E-state index contributed by atoms with van der Waals surface area (Å²) < 4.78 is 12.1. The topological polar surface area (TPSA) is 90.3 Å². The Hall–Kier alpha value is -3.14. The summed E-state index contributed by atoms with van der Waals surface area (Å²) in [5, 5.41) is 10.3. The van der Waals surface area contributed by atoms with Gasteiger partial charge < -0.3 is 19.8 Å². The Bertz CT molecular complexity index is 1050. The first kappa shape index (κ1) is 18.6. The van der Waals surface area contributed by atoms with E-state index in [0.717, 1.165) is 0 Å². The molecule has 0 spiro atoms. The lowest BCUT2D eigenvalue weighted by molar-refractivity contribution is 0.0593. The SMILES string of the molecule is COC(=O)c1c(N)c(C#N)cn1-c1cc(Cl)ccc1Oc1ccc(Cl)cc1. The molecule has 27 heavy (non-hydrogen) atoms. The highest BCUT2D eigenvalue weighted by atomic mass is 35.5. The first-order valence-corrected chi connectivity index (χ1v) is 8.42. The number of hydrogen-bond acceptors (Lipinski definition) is 5. The van der Waals surface area contributed by atoms with Gasteiger partial charge >= 0.3 is 5.97 Å². The highest BCUT2D eigenvalue weighted by Gasteiger charge is 2.23. The van der Waals surface area contributed by atoms with Crippen molar-refractivity contribution < 1.29 is 14.3 Å². The van der Waals surface area contributed by atoms with Gasteiger partial charge in [-0.25, -0.2) is 4.79 Å². The number of anilines is 1. The molecule has 0 amide bonds. The van der Waals surface area contributed by atoms with Crippen molar-refractivity contribution in [2.45, 2.75) is 0 Å². The molecule has 2 N–H and O–H groups in total. The number of hydrogen-bond donors (Lipinski definition) is 1. The van der Waals surface area contributed by atoms with E-state index in [4.69, 9.17) is 38.4 Å². The third-order valence-electron chi connectivity index (χ3n) is 3.77. The molecule has 8 heteroatoms. The largest absolute Gasteiger partial charge is 0.464 e. The minimum Gasteiger partial charge on any atom is -0.464 e. The summed E-state index contributed by atoms with van der Waals surface area (Å²) in [5.74, 6) is 0.237. The van der Waals surface area contributed by atoms with E-state index in [1.165, 1.54) is 17.9 Å². The minimum atomic E-state index is -0.689. The van der Waals surface area contributed by atoms with Gasteiger partial charge in [-0.3, -0.25) is 0 Å². The van der Waals surface area contributed by atoms with E-state index in [2.05, 4.69) is 0 Å². The van der Waals surface area contributed by atoms with Gasteiger partial charge in [0.2, 0.25) is 0 Å². The fraction of sp³-hybridized carbons (Fsp3) is 0.0526. The number of nitrogens with two attached hydrogens (primary N) is 1. The summed E-state index contributed by atoms with van der Waals surface area (Å²) in [4.78, 5) is 12.2. The molecule has 0 bridgehead atoms. The molecule has 0 atom stereocenters. The Kier molecular flexibility index (Phi) is 5.26. The summed E-state index contributed by atoms with van der Waals surface area (Å²) in [6.45, 7) is 0. The average molecular weight is 402 g/mol. The minimum absolute atomic E-state index is 0.0114. The third-order valence-corrected chi connectivity index (χ3v) is 4.25. The first-order chi connectivity index (χ1) is 12.9. The standard InChI is InChI=1S/C19H13Cl2N3O3/c1-26-19(25)18-17(23)11(9-22)10-24(18)15-8-13(21)4-7-16(15)27-14-5-2-12(20)3-6-14/h2-8,10H,23H2,1H3. The van der Waals surface area contributed by atoms with Crippen LogP contribution in [0.15, 0.2) is 48.7 Å². The van der Waals surface area contributed by atoms with E-state index < -0.39 is 5.97 Å². The number of esters is 1. The van der Waals surface area contributed by atoms with Gasteiger partial charge in [0.05, 0.1) is 24.0 Å². The quantitative estimate of drug-likeness (QED) is 0.632. The fourth-order valence-corrected chi connectivity index (χ4v) is 2.79. The van der Waals surface area contributed by atoms with Crippen LogP contribution in [0.25, 0.3) is 5.69 Å². The Morgan fingerprint density at radius 3 is 2.44 bits per heavy atom. The molecule has 0 aliphatic carbocycles. The second-order valence-corrected chi connectivity index (χ2v) is 6.32. The molecule has 0 saturated heterocycles. The van der Waals surface area contributed by atoms with Crippen LogP contribution in [-0.4, -0.2) is 17.6 Å². The molecule has 3 rings (SSSR count). The maximum Gasteiger partial charge on any atom is 0.357 e. The van der Waals surface area contributed by atoms with Crippen molar-refractivity contribution in [3.8, 4) is 23.3 Å². The van der Waals surface area contributed by atoms with E-state index in [1.807, 2.05) is 6.07 Å². The summed E-state index contributed by atoms with van der Waals surface area (Å²) >= 11 is 12.0. The molecule has 2 aromatic carbocycles. The van der Waals surface area contributed by atoms with Crippen LogP contribution in [0.2, 0.25) is 10.0 Å². The number of aromatic nitrogens is 1. The third kappa shape index (κ3) is 3.70. The van der Waals surface area contributed by atoms with Crippen LogP contribution in [0.1, 0.15) is 16.1 Å².